The minimum atomic E-state index is -0.918. The number of hydrogen-bond donors (Lipinski definition) is 1. The van der Waals surface area contributed by atoms with E-state index < -0.39 is 5.60 Å². The normalized spacial score (nSPS) is 12.1. The van der Waals surface area contributed by atoms with Crippen molar-refractivity contribution in [1.82, 2.24) is 4.57 Å². The minimum absolute atomic E-state index is 0.0792. The molecule has 3 nitrogen and oxygen atoms in total. The van der Waals surface area contributed by atoms with Crippen LogP contribution < -0.4 is 5.56 Å². The number of hydrogen-bond acceptors (Lipinski definition) is 2. The topological polar surface area (TPSA) is 42.2 Å². The quantitative estimate of drug-likeness (QED) is 0.927. The molecule has 0 fully saturated rings. The first-order chi connectivity index (χ1) is 8.28. The van der Waals surface area contributed by atoms with Crippen LogP contribution >= 0.6 is 15.9 Å². The zero-order chi connectivity index (χ0) is 13.5. The Balaban J connectivity index is 2.77. The van der Waals surface area contributed by atoms with Crippen LogP contribution in [-0.4, -0.2) is 15.3 Å². The van der Waals surface area contributed by atoms with Crippen LogP contribution in [0.25, 0.3) is 10.9 Å². The number of pyridine rings is 1. The summed E-state index contributed by atoms with van der Waals surface area (Å²) < 4.78 is 2.60. The molecule has 1 N–H and O–H groups in total. The third kappa shape index (κ3) is 2.65. The fourth-order valence-electron chi connectivity index (χ4n) is 2.07. The monoisotopic (exact) mass is 309 g/mol. The largest absolute Gasteiger partial charge is 0.389 e. The molecular formula is C14H16BrNO2. The van der Waals surface area contributed by atoms with E-state index in [0.29, 0.717) is 0 Å². The first kappa shape index (κ1) is 13.3. The highest BCUT2D eigenvalue weighted by molar-refractivity contribution is 9.10. The Hall–Kier alpha value is -1.13. The number of halogens is 1. The van der Waals surface area contributed by atoms with Gasteiger partial charge in [0.15, 0.2) is 0 Å². The summed E-state index contributed by atoms with van der Waals surface area (Å²) in [6.07, 6.45) is 0. The zero-order valence-electron chi connectivity index (χ0n) is 10.7. The molecule has 1 aromatic carbocycles. The van der Waals surface area contributed by atoms with E-state index in [1.165, 1.54) is 0 Å². The van der Waals surface area contributed by atoms with Gasteiger partial charge in [0.05, 0.1) is 17.7 Å². The first-order valence-corrected chi connectivity index (χ1v) is 6.59. The Morgan fingerprint density at radius 1 is 1.33 bits per heavy atom. The second-order valence-electron chi connectivity index (χ2n) is 5.23. The third-order valence-electron chi connectivity index (χ3n) is 2.83. The van der Waals surface area contributed by atoms with E-state index in [4.69, 9.17) is 0 Å². The van der Waals surface area contributed by atoms with Crippen LogP contribution in [0.2, 0.25) is 0 Å². The number of rotatable bonds is 2. The van der Waals surface area contributed by atoms with Gasteiger partial charge >= 0.3 is 0 Å². The van der Waals surface area contributed by atoms with Gasteiger partial charge in [-0.05, 0) is 44.5 Å². The zero-order valence-corrected chi connectivity index (χ0v) is 12.3. The van der Waals surface area contributed by atoms with Crippen molar-refractivity contribution in [2.75, 3.05) is 0 Å². The van der Waals surface area contributed by atoms with Crippen molar-refractivity contribution in [1.29, 1.82) is 0 Å². The van der Waals surface area contributed by atoms with Crippen LogP contribution in [-0.2, 0) is 6.54 Å². The average Bonchev–Trinajstić information content (AvgIpc) is 2.23. The maximum atomic E-state index is 12.1. The van der Waals surface area contributed by atoms with Crippen LogP contribution in [0, 0.1) is 6.92 Å². The van der Waals surface area contributed by atoms with Crippen LogP contribution in [0.3, 0.4) is 0 Å². The fraction of sp³-hybridized carbons (Fsp3) is 0.357. The Kier molecular flexibility index (Phi) is 3.34. The van der Waals surface area contributed by atoms with Crippen LogP contribution in [0.15, 0.2) is 33.5 Å². The molecule has 0 radical (unpaired) electrons. The highest BCUT2D eigenvalue weighted by atomic mass is 79.9. The number of aromatic nitrogens is 1. The van der Waals surface area contributed by atoms with E-state index in [-0.39, 0.29) is 12.1 Å². The van der Waals surface area contributed by atoms with Gasteiger partial charge in [0.1, 0.15) is 0 Å². The van der Waals surface area contributed by atoms with Crippen molar-refractivity contribution in [2.45, 2.75) is 32.9 Å². The van der Waals surface area contributed by atoms with Crippen LogP contribution in [0.1, 0.15) is 19.4 Å². The lowest BCUT2D eigenvalue weighted by Crippen LogP contribution is -2.32. The van der Waals surface area contributed by atoms with Crippen molar-refractivity contribution >= 4 is 26.8 Å². The summed E-state index contributed by atoms with van der Waals surface area (Å²) in [4.78, 5) is 12.1. The molecule has 96 valence electrons. The maximum absolute atomic E-state index is 12.1. The molecule has 0 bridgehead atoms. The van der Waals surface area contributed by atoms with Crippen molar-refractivity contribution in [3.05, 3.63) is 44.7 Å². The van der Waals surface area contributed by atoms with Gasteiger partial charge in [0, 0.05) is 15.9 Å². The van der Waals surface area contributed by atoms with Gasteiger partial charge in [-0.2, -0.15) is 0 Å². The Labute approximate surface area is 114 Å². The highest BCUT2D eigenvalue weighted by Gasteiger charge is 2.16. The van der Waals surface area contributed by atoms with Gasteiger partial charge in [-0.15, -0.1) is 0 Å². The number of nitrogens with zero attached hydrogens (tertiary/aromatic N) is 1. The molecule has 0 unspecified atom stereocenters. The van der Waals surface area contributed by atoms with E-state index in [9.17, 15) is 9.90 Å². The average molecular weight is 310 g/mol. The van der Waals surface area contributed by atoms with E-state index in [1.54, 1.807) is 24.5 Å². The van der Waals surface area contributed by atoms with Crippen LogP contribution in [0.5, 0.6) is 0 Å². The summed E-state index contributed by atoms with van der Waals surface area (Å²) in [5, 5.41) is 10.9. The van der Waals surface area contributed by atoms with E-state index in [0.717, 1.165) is 20.9 Å². The molecule has 2 aromatic rings. The predicted octanol–water partition coefficient (Wildman–Crippen LogP) is 2.84. The maximum Gasteiger partial charge on any atom is 0.251 e. The van der Waals surface area contributed by atoms with E-state index in [2.05, 4.69) is 15.9 Å². The SMILES string of the molecule is Cc1cc(=O)n(CC(C)(C)O)c2ccc(Br)cc12. The standard InChI is InChI=1S/C14H16BrNO2/c1-9-6-13(17)16(8-14(2,3)18)12-5-4-10(15)7-11(9)12/h4-7,18H,8H2,1-3H3. The van der Waals surface area contributed by atoms with Crippen LogP contribution in [0.4, 0.5) is 0 Å². The van der Waals surface area contributed by atoms with Gasteiger partial charge < -0.3 is 9.67 Å². The second-order valence-corrected chi connectivity index (χ2v) is 6.14. The lowest BCUT2D eigenvalue weighted by molar-refractivity contribution is 0.0618. The van der Waals surface area contributed by atoms with Crippen molar-refractivity contribution < 1.29 is 5.11 Å². The molecular weight excluding hydrogens is 294 g/mol. The summed E-state index contributed by atoms with van der Waals surface area (Å²) in [6, 6.07) is 7.41. The van der Waals surface area contributed by atoms with Crippen molar-refractivity contribution in [3.8, 4) is 0 Å². The van der Waals surface area contributed by atoms with E-state index >= 15 is 0 Å². The summed E-state index contributed by atoms with van der Waals surface area (Å²) >= 11 is 3.43. The van der Waals surface area contributed by atoms with Gasteiger partial charge in [-0.1, -0.05) is 15.9 Å². The molecule has 1 heterocycles. The second kappa shape index (κ2) is 4.52. The Morgan fingerprint density at radius 2 is 2.00 bits per heavy atom. The molecule has 0 atom stereocenters. The minimum Gasteiger partial charge on any atom is -0.389 e. The van der Waals surface area contributed by atoms with E-state index in [1.807, 2.05) is 25.1 Å². The lowest BCUT2D eigenvalue weighted by Gasteiger charge is -2.21. The number of fused-ring (bicyclic) bond motifs is 1. The van der Waals surface area contributed by atoms with Gasteiger partial charge in [-0.25, -0.2) is 0 Å². The number of aliphatic hydroxyl groups is 1. The number of benzene rings is 1. The molecule has 4 heteroatoms. The molecule has 0 aliphatic carbocycles. The smallest absolute Gasteiger partial charge is 0.251 e. The molecule has 0 saturated heterocycles. The summed E-state index contributed by atoms with van der Waals surface area (Å²) in [5.41, 5.74) is 0.803. The third-order valence-corrected chi connectivity index (χ3v) is 3.32. The molecule has 0 aliphatic heterocycles. The van der Waals surface area contributed by atoms with Gasteiger partial charge in [0.2, 0.25) is 0 Å². The van der Waals surface area contributed by atoms with Gasteiger partial charge in [0.25, 0.3) is 5.56 Å². The first-order valence-electron chi connectivity index (χ1n) is 5.80. The van der Waals surface area contributed by atoms with Crippen molar-refractivity contribution in [2.24, 2.45) is 0 Å². The molecule has 0 spiro atoms. The molecule has 1 aromatic heterocycles. The summed E-state index contributed by atoms with van der Waals surface area (Å²) in [6.45, 7) is 5.60. The van der Waals surface area contributed by atoms with Crippen molar-refractivity contribution in [3.63, 3.8) is 0 Å². The van der Waals surface area contributed by atoms with Gasteiger partial charge in [-0.3, -0.25) is 4.79 Å². The molecule has 0 aliphatic rings. The Morgan fingerprint density at radius 3 is 2.61 bits per heavy atom. The molecule has 0 amide bonds. The Bertz CT molecular complexity index is 653. The molecule has 2 rings (SSSR count). The fourth-order valence-corrected chi connectivity index (χ4v) is 2.43. The molecule has 18 heavy (non-hydrogen) atoms. The molecule has 0 saturated carbocycles. The summed E-state index contributed by atoms with van der Waals surface area (Å²) in [5.74, 6) is 0. The highest BCUT2D eigenvalue weighted by Crippen LogP contribution is 2.22. The lowest BCUT2D eigenvalue weighted by atomic mass is 10.1. The summed E-state index contributed by atoms with van der Waals surface area (Å²) in [7, 11) is 0. The predicted molar refractivity (Wildman–Crippen MR) is 76.9 cm³/mol. The number of aryl methyl sites for hydroxylation is 1.